The van der Waals surface area contributed by atoms with Crippen molar-refractivity contribution in [2.24, 2.45) is 5.92 Å². The van der Waals surface area contributed by atoms with Crippen LogP contribution in [-0.2, 0) is 0 Å². The molecule has 3 N–H and O–H groups in total. The number of carbonyl (C=O) groups excluding carboxylic acids is 1. The van der Waals surface area contributed by atoms with Gasteiger partial charge < -0.3 is 20.6 Å². The van der Waals surface area contributed by atoms with Gasteiger partial charge in [0.2, 0.25) is 5.95 Å². The molecule has 26 heavy (non-hydrogen) atoms. The normalized spacial score (nSPS) is 16.1. The minimum absolute atomic E-state index is 0.0616. The SMILES string of the molecule is O=C(NCCNc1ncccn1)N1CCC(C(O)c2ccccc2)CC1. The third kappa shape index (κ3) is 4.92. The molecular formula is C19H25N5O2. The van der Waals surface area contributed by atoms with Crippen molar-refractivity contribution in [1.82, 2.24) is 20.2 Å². The monoisotopic (exact) mass is 355 g/mol. The summed E-state index contributed by atoms with van der Waals surface area (Å²) in [5.74, 6) is 0.746. The van der Waals surface area contributed by atoms with E-state index in [1.54, 1.807) is 18.5 Å². The summed E-state index contributed by atoms with van der Waals surface area (Å²) in [6.45, 7) is 2.40. The Labute approximate surface area is 153 Å². The number of carbonyl (C=O) groups is 1. The fraction of sp³-hybridized carbons (Fsp3) is 0.421. The van der Waals surface area contributed by atoms with Crippen molar-refractivity contribution in [1.29, 1.82) is 0 Å². The van der Waals surface area contributed by atoms with Gasteiger partial charge in [-0.25, -0.2) is 14.8 Å². The van der Waals surface area contributed by atoms with Crippen molar-refractivity contribution in [3.05, 3.63) is 54.4 Å². The highest BCUT2D eigenvalue weighted by molar-refractivity contribution is 5.74. The third-order valence-electron chi connectivity index (χ3n) is 4.66. The van der Waals surface area contributed by atoms with Gasteiger partial charge >= 0.3 is 6.03 Å². The van der Waals surface area contributed by atoms with E-state index < -0.39 is 6.10 Å². The molecule has 3 rings (SSSR count). The van der Waals surface area contributed by atoms with Crippen LogP contribution in [0.25, 0.3) is 0 Å². The molecule has 7 nitrogen and oxygen atoms in total. The first-order valence-corrected chi connectivity index (χ1v) is 9.00. The Balaban J connectivity index is 1.37. The van der Waals surface area contributed by atoms with Crippen LogP contribution >= 0.6 is 0 Å². The Bertz CT molecular complexity index is 675. The van der Waals surface area contributed by atoms with Crippen LogP contribution in [-0.4, -0.2) is 52.2 Å². The van der Waals surface area contributed by atoms with Crippen LogP contribution in [0.4, 0.5) is 10.7 Å². The van der Waals surface area contributed by atoms with Crippen molar-refractivity contribution in [2.75, 3.05) is 31.5 Å². The first-order valence-electron chi connectivity index (χ1n) is 9.00. The summed E-state index contributed by atoms with van der Waals surface area (Å²) < 4.78 is 0. The number of urea groups is 1. The maximum absolute atomic E-state index is 12.2. The molecule has 1 aromatic heterocycles. The van der Waals surface area contributed by atoms with Crippen LogP contribution in [0.15, 0.2) is 48.8 Å². The predicted molar refractivity (Wildman–Crippen MR) is 99.6 cm³/mol. The summed E-state index contributed by atoms with van der Waals surface area (Å²) in [5.41, 5.74) is 0.949. The zero-order chi connectivity index (χ0) is 18.2. The van der Waals surface area contributed by atoms with E-state index in [0.29, 0.717) is 32.1 Å². The molecule has 1 aliphatic heterocycles. The average molecular weight is 355 g/mol. The van der Waals surface area contributed by atoms with Crippen molar-refractivity contribution in [3.8, 4) is 0 Å². The van der Waals surface area contributed by atoms with Crippen molar-refractivity contribution >= 4 is 12.0 Å². The van der Waals surface area contributed by atoms with Gasteiger partial charge in [0.05, 0.1) is 6.10 Å². The number of anilines is 1. The summed E-state index contributed by atoms with van der Waals surface area (Å²) >= 11 is 0. The molecule has 1 saturated heterocycles. The Morgan fingerprint density at radius 3 is 2.50 bits per heavy atom. The van der Waals surface area contributed by atoms with Gasteiger partial charge in [-0.3, -0.25) is 0 Å². The standard InChI is InChI=1S/C19H25N5O2/c25-17(15-5-2-1-3-6-15)16-7-13-24(14-8-16)19(26)23-12-11-22-18-20-9-4-10-21-18/h1-6,9-10,16-17,25H,7-8,11-14H2,(H,23,26)(H,20,21,22). The van der Waals surface area contributed by atoms with Gasteiger partial charge in [-0.1, -0.05) is 30.3 Å². The van der Waals surface area contributed by atoms with Crippen LogP contribution in [0.1, 0.15) is 24.5 Å². The molecule has 0 aliphatic carbocycles. The number of aliphatic hydroxyl groups is 1. The van der Waals surface area contributed by atoms with Gasteiger partial charge in [-0.15, -0.1) is 0 Å². The highest BCUT2D eigenvalue weighted by Gasteiger charge is 2.28. The number of benzene rings is 1. The predicted octanol–water partition coefficient (Wildman–Crippen LogP) is 2.04. The number of aliphatic hydroxyl groups excluding tert-OH is 1. The molecule has 2 amide bonds. The van der Waals surface area contributed by atoms with Crippen LogP contribution in [0.2, 0.25) is 0 Å². The second-order valence-electron chi connectivity index (χ2n) is 6.41. The first kappa shape index (κ1) is 18.1. The number of hydrogen-bond acceptors (Lipinski definition) is 5. The largest absolute Gasteiger partial charge is 0.388 e. The fourth-order valence-electron chi connectivity index (χ4n) is 3.19. The summed E-state index contributed by atoms with van der Waals surface area (Å²) in [4.78, 5) is 22.2. The summed E-state index contributed by atoms with van der Waals surface area (Å²) in [7, 11) is 0. The summed E-state index contributed by atoms with van der Waals surface area (Å²) in [5, 5.41) is 16.5. The van der Waals surface area contributed by atoms with Crippen molar-refractivity contribution in [3.63, 3.8) is 0 Å². The molecule has 7 heteroatoms. The van der Waals surface area contributed by atoms with E-state index in [1.807, 2.05) is 35.2 Å². The Kier molecular flexibility index (Phi) is 6.38. The smallest absolute Gasteiger partial charge is 0.317 e. The first-order chi connectivity index (χ1) is 12.7. The number of amides is 2. The molecule has 138 valence electrons. The zero-order valence-corrected chi connectivity index (χ0v) is 14.7. The second-order valence-corrected chi connectivity index (χ2v) is 6.41. The Morgan fingerprint density at radius 1 is 1.12 bits per heavy atom. The van der Waals surface area contributed by atoms with Gasteiger partial charge in [0, 0.05) is 38.6 Å². The molecule has 1 unspecified atom stereocenters. The number of hydrogen-bond donors (Lipinski definition) is 3. The number of piperidine rings is 1. The van der Waals surface area contributed by atoms with Gasteiger partial charge in [0.15, 0.2) is 0 Å². The number of rotatable bonds is 6. The molecule has 0 spiro atoms. The lowest BCUT2D eigenvalue weighted by Gasteiger charge is -2.34. The molecule has 1 aliphatic rings. The quantitative estimate of drug-likeness (QED) is 0.690. The molecule has 2 aromatic rings. The van der Waals surface area contributed by atoms with E-state index >= 15 is 0 Å². The number of likely N-dealkylation sites (tertiary alicyclic amines) is 1. The zero-order valence-electron chi connectivity index (χ0n) is 14.7. The van der Waals surface area contributed by atoms with E-state index in [4.69, 9.17) is 0 Å². The van der Waals surface area contributed by atoms with E-state index in [2.05, 4.69) is 20.6 Å². The maximum atomic E-state index is 12.2. The lowest BCUT2D eigenvalue weighted by atomic mass is 9.87. The summed E-state index contributed by atoms with van der Waals surface area (Å²) in [6.07, 6.45) is 4.49. The van der Waals surface area contributed by atoms with Crippen LogP contribution < -0.4 is 10.6 Å². The molecular weight excluding hydrogens is 330 g/mol. The molecule has 0 saturated carbocycles. The van der Waals surface area contributed by atoms with Gasteiger partial charge in [0.1, 0.15) is 0 Å². The summed E-state index contributed by atoms with van der Waals surface area (Å²) in [6, 6.07) is 11.4. The van der Waals surface area contributed by atoms with Crippen molar-refractivity contribution < 1.29 is 9.90 Å². The molecule has 1 fully saturated rings. The van der Waals surface area contributed by atoms with Crippen molar-refractivity contribution in [2.45, 2.75) is 18.9 Å². The molecule has 0 bridgehead atoms. The van der Waals surface area contributed by atoms with E-state index in [-0.39, 0.29) is 11.9 Å². The van der Waals surface area contributed by atoms with E-state index in [9.17, 15) is 9.90 Å². The number of nitrogens with zero attached hydrogens (tertiary/aromatic N) is 3. The highest BCUT2D eigenvalue weighted by Crippen LogP contribution is 2.30. The van der Waals surface area contributed by atoms with Gasteiger partial charge in [0.25, 0.3) is 0 Å². The average Bonchev–Trinajstić information content (AvgIpc) is 2.72. The molecule has 1 aromatic carbocycles. The second kappa shape index (κ2) is 9.15. The van der Waals surface area contributed by atoms with Crippen LogP contribution in [0, 0.1) is 5.92 Å². The Morgan fingerprint density at radius 2 is 1.81 bits per heavy atom. The third-order valence-corrected chi connectivity index (χ3v) is 4.66. The van der Waals surface area contributed by atoms with E-state index in [0.717, 1.165) is 18.4 Å². The molecule has 1 atom stereocenters. The topological polar surface area (TPSA) is 90.4 Å². The van der Waals surface area contributed by atoms with Gasteiger partial charge in [-0.05, 0) is 30.4 Å². The molecule has 0 radical (unpaired) electrons. The maximum Gasteiger partial charge on any atom is 0.317 e. The lowest BCUT2D eigenvalue weighted by molar-refractivity contribution is 0.0666. The van der Waals surface area contributed by atoms with Crippen LogP contribution in [0.3, 0.4) is 0 Å². The minimum atomic E-state index is -0.462. The number of nitrogens with one attached hydrogen (secondary N) is 2. The highest BCUT2D eigenvalue weighted by atomic mass is 16.3. The number of aromatic nitrogens is 2. The Hall–Kier alpha value is -2.67. The van der Waals surface area contributed by atoms with Gasteiger partial charge in [-0.2, -0.15) is 0 Å². The lowest BCUT2D eigenvalue weighted by Crippen LogP contribution is -2.46. The molecule has 2 heterocycles. The van der Waals surface area contributed by atoms with E-state index in [1.165, 1.54) is 0 Å². The fourth-order valence-corrected chi connectivity index (χ4v) is 3.19. The van der Waals surface area contributed by atoms with Crippen LogP contribution in [0.5, 0.6) is 0 Å². The minimum Gasteiger partial charge on any atom is -0.388 e.